The zero-order valence-electron chi connectivity index (χ0n) is 15.2. The van der Waals surface area contributed by atoms with E-state index in [1.54, 1.807) is 6.21 Å². The summed E-state index contributed by atoms with van der Waals surface area (Å²) in [5, 5.41) is 4.40. The van der Waals surface area contributed by atoms with Gasteiger partial charge in [0.15, 0.2) is 5.13 Å². The number of aryl methyl sites for hydroxylation is 1. The van der Waals surface area contributed by atoms with E-state index in [9.17, 15) is 4.79 Å². The Kier molecular flexibility index (Phi) is 6.78. The molecule has 0 atom stereocenters. The fraction of sp³-hybridized carbons (Fsp3) is 0.150. The summed E-state index contributed by atoms with van der Waals surface area (Å²) in [6.45, 7) is 2.39. The molecule has 0 spiro atoms. The minimum atomic E-state index is -0.315. The van der Waals surface area contributed by atoms with Crippen molar-refractivity contribution in [3.63, 3.8) is 0 Å². The van der Waals surface area contributed by atoms with Crippen LogP contribution in [0, 0.1) is 0 Å². The molecule has 0 bridgehead atoms. The Labute approximate surface area is 175 Å². The number of benzene rings is 2. The first-order chi connectivity index (χ1) is 13.5. The molecule has 0 unspecified atom stereocenters. The Morgan fingerprint density at radius 1 is 1.32 bits per heavy atom. The number of hydrogen-bond acceptors (Lipinski definition) is 6. The van der Waals surface area contributed by atoms with Crippen molar-refractivity contribution < 1.29 is 9.53 Å². The number of carbonyl (C=O) groups is 1. The van der Waals surface area contributed by atoms with Crippen molar-refractivity contribution >= 4 is 44.5 Å². The number of thiazole rings is 1. The Morgan fingerprint density at radius 3 is 2.86 bits per heavy atom. The first kappa shape index (κ1) is 20.0. The van der Waals surface area contributed by atoms with Gasteiger partial charge in [-0.05, 0) is 41.8 Å². The monoisotopic (exact) mass is 458 g/mol. The van der Waals surface area contributed by atoms with Crippen molar-refractivity contribution in [3.8, 4) is 5.75 Å². The molecular formula is C20H19BrN4O2S. The summed E-state index contributed by atoms with van der Waals surface area (Å²) in [5.74, 6) is 0.409. The van der Waals surface area contributed by atoms with Gasteiger partial charge >= 0.3 is 0 Å². The number of nitrogens with zero attached hydrogens (tertiary/aromatic N) is 2. The average molecular weight is 459 g/mol. The normalized spacial score (nSPS) is 10.9. The minimum Gasteiger partial charge on any atom is -0.489 e. The standard InChI is InChI=1S/C20H19BrN4O2S/c1-2-17-18(28-20(22)24-17)19(26)25-23-11-14-4-3-5-16(10-14)27-12-13-6-8-15(21)9-7-13/h3-11H,2,12H2,1H3,(H2,22,24)(H,25,26)/b23-11-. The van der Waals surface area contributed by atoms with Gasteiger partial charge in [0.25, 0.3) is 5.91 Å². The van der Waals surface area contributed by atoms with E-state index in [-0.39, 0.29) is 5.91 Å². The molecule has 1 amide bonds. The Hall–Kier alpha value is -2.71. The molecular weight excluding hydrogens is 440 g/mol. The van der Waals surface area contributed by atoms with Gasteiger partial charge in [0.2, 0.25) is 0 Å². The second kappa shape index (κ2) is 9.48. The van der Waals surface area contributed by atoms with Crippen LogP contribution < -0.4 is 15.9 Å². The lowest BCUT2D eigenvalue weighted by Gasteiger charge is -2.07. The second-order valence-electron chi connectivity index (χ2n) is 5.87. The molecule has 3 N–H and O–H groups in total. The molecule has 0 aliphatic carbocycles. The highest BCUT2D eigenvalue weighted by Gasteiger charge is 2.15. The summed E-state index contributed by atoms with van der Waals surface area (Å²) >= 11 is 4.57. The Morgan fingerprint density at radius 2 is 2.11 bits per heavy atom. The molecule has 1 heterocycles. The van der Waals surface area contributed by atoms with Crippen molar-refractivity contribution in [3.05, 3.63) is 74.7 Å². The lowest BCUT2D eigenvalue weighted by Crippen LogP contribution is -2.17. The molecule has 28 heavy (non-hydrogen) atoms. The molecule has 2 aromatic carbocycles. The number of amides is 1. The van der Waals surface area contributed by atoms with Gasteiger partial charge in [-0.15, -0.1) is 0 Å². The van der Waals surface area contributed by atoms with Crippen LogP contribution in [0.2, 0.25) is 0 Å². The first-order valence-electron chi connectivity index (χ1n) is 8.61. The number of halogens is 1. The fourth-order valence-corrected chi connectivity index (χ4v) is 3.51. The number of aromatic nitrogens is 1. The zero-order valence-corrected chi connectivity index (χ0v) is 17.6. The van der Waals surface area contributed by atoms with Crippen LogP contribution in [0.25, 0.3) is 0 Å². The van der Waals surface area contributed by atoms with Crippen molar-refractivity contribution in [2.75, 3.05) is 5.73 Å². The lowest BCUT2D eigenvalue weighted by molar-refractivity contribution is 0.0958. The molecule has 1 aromatic heterocycles. The summed E-state index contributed by atoms with van der Waals surface area (Å²) in [6.07, 6.45) is 2.21. The van der Waals surface area contributed by atoms with Gasteiger partial charge in [0.1, 0.15) is 17.2 Å². The maximum Gasteiger partial charge on any atom is 0.283 e. The number of ether oxygens (including phenoxy) is 1. The van der Waals surface area contributed by atoms with Crippen LogP contribution in [0.15, 0.2) is 58.1 Å². The highest BCUT2D eigenvalue weighted by Crippen LogP contribution is 2.21. The highest BCUT2D eigenvalue weighted by atomic mass is 79.9. The number of hydrazone groups is 1. The number of rotatable bonds is 7. The molecule has 0 saturated heterocycles. The molecule has 3 rings (SSSR count). The molecule has 0 fully saturated rings. The van der Waals surface area contributed by atoms with Gasteiger partial charge < -0.3 is 10.5 Å². The Balaban J connectivity index is 1.59. The third-order valence-electron chi connectivity index (χ3n) is 3.81. The first-order valence-corrected chi connectivity index (χ1v) is 10.2. The third kappa shape index (κ3) is 5.40. The van der Waals surface area contributed by atoms with E-state index in [1.807, 2.05) is 55.5 Å². The van der Waals surface area contributed by atoms with Gasteiger partial charge in [0, 0.05) is 4.47 Å². The summed E-state index contributed by atoms with van der Waals surface area (Å²) in [6, 6.07) is 15.4. The number of nitrogen functional groups attached to an aromatic ring is 1. The quantitative estimate of drug-likeness (QED) is 0.405. The average Bonchev–Trinajstić information content (AvgIpc) is 3.09. The van der Waals surface area contributed by atoms with E-state index in [4.69, 9.17) is 10.5 Å². The van der Waals surface area contributed by atoms with Crippen LogP contribution in [-0.4, -0.2) is 17.1 Å². The van der Waals surface area contributed by atoms with Gasteiger partial charge in [-0.25, -0.2) is 10.4 Å². The maximum atomic E-state index is 12.2. The highest BCUT2D eigenvalue weighted by molar-refractivity contribution is 9.10. The van der Waals surface area contributed by atoms with Gasteiger partial charge in [0.05, 0.1) is 11.9 Å². The van der Waals surface area contributed by atoms with Gasteiger partial charge in [-0.1, -0.05) is 58.5 Å². The molecule has 144 valence electrons. The van der Waals surface area contributed by atoms with Crippen molar-refractivity contribution in [2.24, 2.45) is 5.10 Å². The minimum absolute atomic E-state index is 0.315. The van der Waals surface area contributed by atoms with Crippen LogP contribution in [0.1, 0.15) is 33.4 Å². The predicted octanol–water partition coefficient (Wildman–Crippen LogP) is 4.39. The fourth-order valence-electron chi connectivity index (χ4n) is 2.44. The van der Waals surface area contributed by atoms with Crippen molar-refractivity contribution in [2.45, 2.75) is 20.0 Å². The van der Waals surface area contributed by atoms with E-state index in [2.05, 4.69) is 31.4 Å². The largest absolute Gasteiger partial charge is 0.489 e. The molecule has 0 radical (unpaired) electrons. The van der Waals surface area contributed by atoms with Crippen LogP contribution >= 0.6 is 27.3 Å². The van der Waals surface area contributed by atoms with E-state index in [0.717, 1.165) is 32.7 Å². The van der Waals surface area contributed by atoms with E-state index in [0.29, 0.717) is 28.7 Å². The van der Waals surface area contributed by atoms with E-state index < -0.39 is 0 Å². The second-order valence-corrected chi connectivity index (χ2v) is 7.81. The van der Waals surface area contributed by atoms with Gasteiger partial charge in [-0.2, -0.15) is 5.10 Å². The lowest BCUT2D eigenvalue weighted by atomic mass is 10.2. The summed E-state index contributed by atoms with van der Waals surface area (Å²) < 4.78 is 6.85. The van der Waals surface area contributed by atoms with E-state index >= 15 is 0 Å². The SMILES string of the molecule is CCc1nc(N)sc1C(=O)N/N=C\c1cccc(OCc2ccc(Br)cc2)c1. The molecule has 8 heteroatoms. The molecule has 0 aliphatic rings. The van der Waals surface area contributed by atoms with Crippen LogP contribution in [0.5, 0.6) is 5.75 Å². The third-order valence-corrected chi connectivity index (χ3v) is 5.27. The molecule has 3 aromatic rings. The van der Waals surface area contributed by atoms with Gasteiger partial charge in [-0.3, -0.25) is 4.79 Å². The number of nitrogens with two attached hydrogens (primary N) is 1. The van der Waals surface area contributed by atoms with E-state index in [1.165, 1.54) is 0 Å². The smallest absolute Gasteiger partial charge is 0.283 e. The van der Waals surface area contributed by atoms with Crippen molar-refractivity contribution in [1.82, 2.24) is 10.4 Å². The summed E-state index contributed by atoms with van der Waals surface area (Å²) in [4.78, 5) is 16.9. The van der Waals surface area contributed by atoms with Crippen LogP contribution in [0.4, 0.5) is 5.13 Å². The van der Waals surface area contributed by atoms with Crippen LogP contribution in [-0.2, 0) is 13.0 Å². The predicted molar refractivity (Wildman–Crippen MR) is 116 cm³/mol. The number of anilines is 1. The number of hydrogen-bond donors (Lipinski definition) is 2. The summed E-state index contributed by atoms with van der Waals surface area (Å²) in [5.41, 5.74) is 10.8. The van der Waals surface area contributed by atoms with Crippen LogP contribution in [0.3, 0.4) is 0 Å². The summed E-state index contributed by atoms with van der Waals surface area (Å²) in [7, 11) is 0. The molecule has 0 saturated carbocycles. The maximum absolute atomic E-state index is 12.2. The molecule has 0 aliphatic heterocycles. The number of nitrogens with one attached hydrogen (secondary N) is 1. The van der Waals surface area contributed by atoms with Crippen molar-refractivity contribution in [1.29, 1.82) is 0 Å². The molecule has 6 nitrogen and oxygen atoms in total. The topological polar surface area (TPSA) is 89.6 Å². The zero-order chi connectivity index (χ0) is 19.9. The number of carbonyl (C=O) groups excluding carboxylic acids is 1. The Bertz CT molecular complexity index is 986.